The maximum Gasteiger partial charge on any atom is 0.395 e. The summed E-state index contributed by atoms with van der Waals surface area (Å²) in [5, 5.41) is 20.3. The first kappa shape index (κ1) is 20.0. The van der Waals surface area contributed by atoms with Crippen molar-refractivity contribution >= 4 is 17.8 Å². The number of nitrogens with zero attached hydrogens (tertiary/aromatic N) is 2. The van der Waals surface area contributed by atoms with E-state index >= 15 is 0 Å². The molecule has 0 spiro atoms. The summed E-state index contributed by atoms with van der Waals surface area (Å²) in [5.41, 5.74) is -1.28. The topological polar surface area (TPSA) is 128 Å². The SMILES string of the molecule is CCOc1cc(/C=C/c2nc(O)c([N+](=O)[O-])c(=O)[nH]2)ccc1O[C@@H](C)CC. The monoisotopic (exact) mass is 375 g/mol. The molecule has 1 heterocycles. The minimum atomic E-state index is -1.03. The molecular formula is C18H21N3O6. The predicted molar refractivity (Wildman–Crippen MR) is 100 cm³/mol. The normalized spacial score (nSPS) is 12.1. The van der Waals surface area contributed by atoms with Crippen LogP contribution in [0.4, 0.5) is 5.69 Å². The molecule has 0 aliphatic heterocycles. The molecule has 0 amide bonds. The van der Waals surface area contributed by atoms with Gasteiger partial charge in [-0.05, 0) is 44.0 Å². The number of H-pyrrole nitrogens is 1. The molecule has 1 aromatic heterocycles. The number of nitrogens with one attached hydrogen (secondary N) is 1. The largest absolute Gasteiger partial charge is 0.490 e. The summed E-state index contributed by atoms with van der Waals surface area (Å²) >= 11 is 0. The molecule has 144 valence electrons. The van der Waals surface area contributed by atoms with Crippen molar-refractivity contribution in [2.24, 2.45) is 0 Å². The van der Waals surface area contributed by atoms with E-state index in [1.165, 1.54) is 6.08 Å². The van der Waals surface area contributed by atoms with Gasteiger partial charge in [0.15, 0.2) is 11.5 Å². The van der Waals surface area contributed by atoms with Crippen LogP contribution in [0, 0.1) is 10.1 Å². The van der Waals surface area contributed by atoms with Crippen molar-refractivity contribution in [3.8, 4) is 17.4 Å². The van der Waals surface area contributed by atoms with Gasteiger partial charge in [0.1, 0.15) is 5.82 Å². The number of hydrogen-bond acceptors (Lipinski definition) is 7. The maximum absolute atomic E-state index is 11.7. The van der Waals surface area contributed by atoms with Crippen LogP contribution in [0.5, 0.6) is 17.4 Å². The molecule has 0 unspecified atom stereocenters. The lowest BCUT2D eigenvalue weighted by Gasteiger charge is -2.16. The van der Waals surface area contributed by atoms with E-state index in [9.17, 15) is 20.0 Å². The summed E-state index contributed by atoms with van der Waals surface area (Å²) < 4.78 is 11.4. The van der Waals surface area contributed by atoms with Gasteiger partial charge in [-0.1, -0.05) is 19.1 Å². The molecule has 27 heavy (non-hydrogen) atoms. The van der Waals surface area contributed by atoms with E-state index in [0.29, 0.717) is 18.1 Å². The van der Waals surface area contributed by atoms with E-state index in [4.69, 9.17) is 9.47 Å². The third-order valence-corrected chi connectivity index (χ3v) is 3.68. The zero-order chi connectivity index (χ0) is 20.0. The number of nitro groups is 1. The van der Waals surface area contributed by atoms with Crippen molar-refractivity contribution in [3.63, 3.8) is 0 Å². The van der Waals surface area contributed by atoms with Crippen molar-refractivity contribution in [2.75, 3.05) is 6.61 Å². The van der Waals surface area contributed by atoms with Gasteiger partial charge >= 0.3 is 11.2 Å². The Morgan fingerprint density at radius 2 is 2.07 bits per heavy atom. The standard InChI is InChI=1S/C18H21N3O6/c1-4-11(3)27-13-8-6-12(10-14(13)26-5-2)7-9-15-19-17(22)16(21(24)25)18(23)20-15/h6-11H,4-5H2,1-3H3,(H2,19,20,22,23)/b9-7+/t11-/m0/s1. The number of hydrogen-bond donors (Lipinski definition) is 2. The second kappa shape index (κ2) is 8.84. The fourth-order valence-corrected chi connectivity index (χ4v) is 2.18. The van der Waals surface area contributed by atoms with Crippen molar-refractivity contribution in [2.45, 2.75) is 33.3 Å². The zero-order valence-corrected chi connectivity index (χ0v) is 15.3. The Bertz CT molecular complexity index is 906. The van der Waals surface area contributed by atoms with Crippen LogP contribution in [0.3, 0.4) is 0 Å². The number of aromatic hydroxyl groups is 1. The van der Waals surface area contributed by atoms with Crippen LogP contribution >= 0.6 is 0 Å². The minimum absolute atomic E-state index is 0.0130. The number of ether oxygens (including phenoxy) is 2. The van der Waals surface area contributed by atoms with Crippen LogP contribution in [0.2, 0.25) is 0 Å². The van der Waals surface area contributed by atoms with E-state index in [2.05, 4.69) is 9.97 Å². The first-order valence-electron chi connectivity index (χ1n) is 8.44. The highest BCUT2D eigenvalue weighted by molar-refractivity contribution is 5.68. The van der Waals surface area contributed by atoms with Crippen LogP contribution in [0.1, 0.15) is 38.6 Å². The Morgan fingerprint density at radius 3 is 2.67 bits per heavy atom. The van der Waals surface area contributed by atoms with Crippen molar-refractivity contribution in [1.82, 2.24) is 9.97 Å². The van der Waals surface area contributed by atoms with Crippen LogP contribution in [-0.4, -0.2) is 32.7 Å². The third kappa shape index (κ3) is 5.06. The second-order valence-corrected chi connectivity index (χ2v) is 5.69. The summed E-state index contributed by atoms with van der Waals surface area (Å²) in [6.45, 7) is 6.32. The van der Waals surface area contributed by atoms with Gasteiger partial charge in [0.25, 0.3) is 5.88 Å². The Hall–Kier alpha value is -3.36. The summed E-state index contributed by atoms with van der Waals surface area (Å²) in [7, 11) is 0. The molecule has 1 atom stereocenters. The van der Waals surface area contributed by atoms with Gasteiger partial charge in [-0.25, -0.2) is 0 Å². The highest BCUT2D eigenvalue weighted by Gasteiger charge is 2.21. The number of rotatable bonds is 8. The van der Waals surface area contributed by atoms with Crippen molar-refractivity contribution < 1.29 is 19.5 Å². The highest BCUT2D eigenvalue weighted by Crippen LogP contribution is 2.30. The lowest BCUT2D eigenvalue weighted by molar-refractivity contribution is -0.387. The maximum atomic E-state index is 11.7. The van der Waals surface area contributed by atoms with Gasteiger partial charge in [0.2, 0.25) is 0 Å². The van der Waals surface area contributed by atoms with Crippen LogP contribution < -0.4 is 15.0 Å². The molecule has 0 aliphatic rings. The lowest BCUT2D eigenvalue weighted by Crippen LogP contribution is -2.14. The van der Waals surface area contributed by atoms with Crippen LogP contribution in [0.25, 0.3) is 12.2 Å². The van der Waals surface area contributed by atoms with Gasteiger partial charge in [0, 0.05) is 0 Å². The minimum Gasteiger partial charge on any atom is -0.490 e. The third-order valence-electron chi connectivity index (χ3n) is 3.68. The zero-order valence-electron chi connectivity index (χ0n) is 15.3. The summed E-state index contributed by atoms with van der Waals surface area (Å²) in [6.07, 6.45) is 3.95. The Labute approximate surface area is 155 Å². The van der Waals surface area contributed by atoms with Crippen molar-refractivity contribution in [1.29, 1.82) is 0 Å². The van der Waals surface area contributed by atoms with Gasteiger partial charge < -0.3 is 19.6 Å². The number of aromatic nitrogens is 2. The molecule has 0 fully saturated rings. The lowest BCUT2D eigenvalue weighted by atomic mass is 10.2. The number of benzene rings is 1. The summed E-state index contributed by atoms with van der Waals surface area (Å²) in [4.78, 5) is 27.2. The fraction of sp³-hybridized carbons (Fsp3) is 0.333. The Kier molecular flexibility index (Phi) is 6.53. The molecule has 0 saturated carbocycles. The Balaban J connectivity index is 2.30. The van der Waals surface area contributed by atoms with Gasteiger partial charge in [-0.3, -0.25) is 14.9 Å². The van der Waals surface area contributed by atoms with Crippen LogP contribution in [-0.2, 0) is 0 Å². The molecular weight excluding hydrogens is 354 g/mol. The van der Waals surface area contributed by atoms with E-state index in [-0.39, 0.29) is 11.9 Å². The molecule has 1 aromatic carbocycles. The Morgan fingerprint density at radius 1 is 1.33 bits per heavy atom. The average Bonchev–Trinajstić information content (AvgIpc) is 2.61. The van der Waals surface area contributed by atoms with E-state index < -0.39 is 22.0 Å². The van der Waals surface area contributed by atoms with E-state index in [1.807, 2.05) is 20.8 Å². The molecule has 2 rings (SSSR count). The number of aromatic amines is 1. The smallest absolute Gasteiger partial charge is 0.395 e. The summed E-state index contributed by atoms with van der Waals surface area (Å²) in [5.74, 6) is 0.257. The summed E-state index contributed by atoms with van der Waals surface area (Å²) in [6, 6.07) is 5.33. The average molecular weight is 375 g/mol. The van der Waals surface area contributed by atoms with Gasteiger partial charge in [-0.15, -0.1) is 0 Å². The molecule has 0 aliphatic carbocycles. The molecule has 0 bridgehead atoms. The molecule has 0 radical (unpaired) electrons. The molecule has 9 nitrogen and oxygen atoms in total. The molecule has 2 aromatic rings. The second-order valence-electron chi connectivity index (χ2n) is 5.69. The van der Waals surface area contributed by atoms with E-state index in [0.717, 1.165) is 12.0 Å². The fourth-order valence-electron chi connectivity index (χ4n) is 2.18. The van der Waals surface area contributed by atoms with Gasteiger partial charge in [0.05, 0.1) is 17.6 Å². The highest BCUT2D eigenvalue weighted by atomic mass is 16.6. The first-order chi connectivity index (χ1) is 12.8. The molecule has 0 saturated heterocycles. The molecule has 9 heteroatoms. The molecule has 2 N–H and O–H groups in total. The van der Waals surface area contributed by atoms with E-state index in [1.54, 1.807) is 24.3 Å². The van der Waals surface area contributed by atoms with Gasteiger partial charge in [-0.2, -0.15) is 4.98 Å². The quantitative estimate of drug-likeness (QED) is 0.536. The predicted octanol–water partition coefficient (Wildman–Crippen LogP) is 3.13. The van der Waals surface area contributed by atoms with Crippen LogP contribution in [0.15, 0.2) is 23.0 Å². The first-order valence-corrected chi connectivity index (χ1v) is 8.44. The van der Waals surface area contributed by atoms with Crippen molar-refractivity contribution in [3.05, 3.63) is 50.1 Å².